The molecule has 19 heavy (non-hydrogen) atoms. The average Bonchev–Trinajstić information content (AvgIpc) is 2.70. The summed E-state index contributed by atoms with van der Waals surface area (Å²) in [7, 11) is 0. The Hall–Kier alpha value is -1.05. The monoisotopic (exact) mass is 285 g/mol. The number of carbonyl (C=O) groups excluding carboxylic acids is 1. The van der Waals surface area contributed by atoms with Crippen molar-refractivity contribution in [2.24, 2.45) is 0 Å². The van der Waals surface area contributed by atoms with Crippen LogP contribution in [0.25, 0.3) is 0 Å². The molecule has 0 aromatic rings. The summed E-state index contributed by atoms with van der Waals surface area (Å²) in [5.41, 5.74) is 0.0852. The molecule has 0 spiro atoms. The van der Waals surface area contributed by atoms with Crippen LogP contribution in [0.2, 0.25) is 0 Å². The highest BCUT2D eigenvalue weighted by atomic mass is 32.2. The van der Waals surface area contributed by atoms with E-state index in [9.17, 15) is 14.7 Å². The van der Waals surface area contributed by atoms with Gasteiger partial charge < -0.3 is 14.6 Å². The van der Waals surface area contributed by atoms with E-state index in [1.54, 1.807) is 0 Å². The van der Waals surface area contributed by atoms with Gasteiger partial charge in [-0.05, 0) is 19.3 Å². The lowest BCUT2D eigenvalue weighted by atomic mass is 10.1. The lowest BCUT2D eigenvalue weighted by molar-refractivity contribution is -0.156. The first-order chi connectivity index (χ1) is 9.16. The van der Waals surface area contributed by atoms with Gasteiger partial charge in [-0.1, -0.05) is 11.8 Å². The molecule has 0 aromatic heterocycles. The second-order valence-electron chi connectivity index (χ2n) is 4.72. The van der Waals surface area contributed by atoms with Crippen LogP contribution in [0.15, 0.2) is 10.6 Å². The van der Waals surface area contributed by atoms with Crippen molar-refractivity contribution in [2.45, 2.75) is 37.3 Å². The molecule has 0 saturated carbocycles. The number of hydrogen-bond donors (Lipinski definition) is 1. The Kier molecular flexibility index (Phi) is 3.51. The van der Waals surface area contributed by atoms with Crippen LogP contribution in [0.5, 0.6) is 0 Å². The van der Waals surface area contributed by atoms with Crippen LogP contribution >= 0.6 is 11.8 Å². The Morgan fingerprint density at radius 3 is 3.00 bits per heavy atom. The van der Waals surface area contributed by atoms with E-state index in [0.717, 1.165) is 19.3 Å². The van der Waals surface area contributed by atoms with Crippen molar-refractivity contribution < 1.29 is 24.2 Å². The number of aliphatic carboxylic acids is 1. The molecule has 1 unspecified atom stereocenters. The number of thioether (sulfide) groups is 1. The Morgan fingerprint density at radius 1 is 1.53 bits per heavy atom. The third kappa shape index (κ3) is 2.37. The van der Waals surface area contributed by atoms with Crippen molar-refractivity contribution in [2.75, 3.05) is 13.2 Å². The molecule has 3 aliphatic heterocycles. The fraction of sp³-hybridized carbons (Fsp3) is 0.667. The summed E-state index contributed by atoms with van der Waals surface area (Å²) < 4.78 is 11.0. The number of rotatable bonds is 4. The van der Waals surface area contributed by atoms with E-state index in [4.69, 9.17) is 9.47 Å². The maximum atomic E-state index is 11.4. The van der Waals surface area contributed by atoms with E-state index in [0.29, 0.717) is 17.9 Å². The first-order valence-corrected chi connectivity index (χ1v) is 7.23. The van der Waals surface area contributed by atoms with Crippen molar-refractivity contribution >= 4 is 23.6 Å². The quantitative estimate of drug-likeness (QED) is 0.780. The molecule has 0 aliphatic carbocycles. The molecular weight excluding hydrogens is 270 g/mol. The standard InChI is InChI=1S/C12H15NO5S/c14-8-5-9-13(8)11(12(15)16)7(19-9)6-18-10-3-1-2-4-17-10/h9-10H,1-6H2,(H,15,16)/t9-,10?/m0/s1. The molecule has 0 aromatic carbocycles. The normalized spacial score (nSPS) is 30.3. The summed E-state index contributed by atoms with van der Waals surface area (Å²) >= 11 is 1.41. The molecule has 2 fully saturated rings. The average molecular weight is 285 g/mol. The molecule has 3 rings (SSSR count). The molecule has 6 nitrogen and oxygen atoms in total. The second kappa shape index (κ2) is 5.15. The molecule has 0 radical (unpaired) electrons. The third-order valence-electron chi connectivity index (χ3n) is 3.43. The summed E-state index contributed by atoms with van der Waals surface area (Å²) in [6.07, 6.45) is 3.11. The summed E-state index contributed by atoms with van der Waals surface area (Å²) in [6, 6.07) is 0. The molecule has 2 atom stereocenters. The van der Waals surface area contributed by atoms with Gasteiger partial charge in [0.25, 0.3) is 0 Å². The largest absolute Gasteiger partial charge is 0.477 e. The predicted octanol–water partition coefficient (Wildman–Crippen LogP) is 1.13. The minimum absolute atomic E-state index is 0.0514. The number of fused-ring (bicyclic) bond motifs is 1. The second-order valence-corrected chi connectivity index (χ2v) is 6.00. The van der Waals surface area contributed by atoms with Crippen molar-refractivity contribution in [3.63, 3.8) is 0 Å². The fourth-order valence-corrected chi connectivity index (χ4v) is 3.76. The van der Waals surface area contributed by atoms with E-state index < -0.39 is 5.97 Å². The number of carboxylic acid groups (broad SMARTS) is 1. The first kappa shape index (κ1) is 13.0. The lowest BCUT2D eigenvalue weighted by Gasteiger charge is -2.33. The summed E-state index contributed by atoms with van der Waals surface area (Å²) in [5, 5.41) is 9.16. The van der Waals surface area contributed by atoms with Gasteiger partial charge in [-0.3, -0.25) is 9.69 Å². The molecular formula is C12H15NO5S. The highest BCUT2D eigenvalue weighted by Crippen LogP contribution is 2.46. The van der Waals surface area contributed by atoms with Crippen LogP contribution in [0.1, 0.15) is 25.7 Å². The fourth-order valence-electron chi connectivity index (χ4n) is 2.44. The van der Waals surface area contributed by atoms with E-state index >= 15 is 0 Å². The first-order valence-electron chi connectivity index (χ1n) is 6.35. The molecule has 7 heteroatoms. The minimum atomic E-state index is -1.06. The zero-order valence-corrected chi connectivity index (χ0v) is 11.1. The molecule has 104 valence electrons. The minimum Gasteiger partial charge on any atom is -0.477 e. The van der Waals surface area contributed by atoms with Crippen LogP contribution in [0.4, 0.5) is 0 Å². The van der Waals surface area contributed by atoms with Crippen molar-refractivity contribution in [1.82, 2.24) is 4.90 Å². The van der Waals surface area contributed by atoms with Gasteiger partial charge in [0.1, 0.15) is 5.70 Å². The molecule has 3 aliphatic rings. The highest BCUT2D eigenvalue weighted by molar-refractivity contribution is 8.04. The van der Waals surface area contributed by atoms with Crippen molar-refractivity contribution in [1.29, 1.82) is 0 Å². The Labute approximate surface area is 114 Å². The van der Waals surface area contributed by atoms with Gasteiger partial charge in [-0.25, -0.2) is 4.79 Å². The van der Waals surface area contributed by atoms with Crippen molar-refractivity contribution in [3.8, 4) is 0 Å². The number of nitrogens with zero attached hydrogens (tertiary/aromatic N) is 1. The SMILES string of the molecule is O=C(O)C1=C(COC2CCCCO2)S[C@H]2CC(=O)N12. The number of ether oxygens (including phenoxy) is 2. The van der Waals surface area contributed by atoms with Crippen LogP contribution in [0.3, 0.4) is 0 Å². The summed E-state index contributed by atoms with van der Waals surface area (Å²) in [5.74, 6) is -1.19. The zero-order valence-electron chi connectivity index (χ0n) is 10.3. The zero-order chi connectivity index (χ0) is 13.4. The van der Waals surface area contributed by atoms with Gasteiger partial charge in [0.05, 0.1) is 18.4 Å². The van der Waals surface area contributed by atoms with Crippen molar-refractivity contribution in [3.05, 3.63) is 10.6 Å². The van der Waals surface area contributed by atoms with E-state index in [2.05, 4.69) is 0 Å². The van der Waals surface area contributed by atoms with E-state index in [1.807, 2.05) is 0 Å². The molecule has 2 saturated heterocycles. The Bertz CT molecular complexity index is 443. The van der Waals surface area contributed by atoms with Gasteiger partial charge in [0.2, 0.25) is 5.91 Å². The predicted molar refractivity (Wildman–Crippen MR) is 67.0 cm³/mol. The van der Waals surface area contributed by atoms with Crippen LogP contribution in [0, 0.1) is 0 Å². The number of hydrogen-bond acceptors (Lipinski definition) is 5. The lowest BCUT2D eigenvalue weighted by Crippen LogP contribution is -2.48. The number of carboxylic acids is 1. The summed E-state index contributed by atoms with van der Waals surface area (Å²) in [6.45, 7) is 0.896. The van der Waals surface area contributed by atoms with Crippen LogP contribution in [-0.4, -0.2) is 46.8 Å². The Morgan fingerprint density at radius 2 is 2.37 bits per heavy atom. The Balaban J connectivity index is 1.66. The van der Waals surface area contributed by atoms with Crippen LogP contribution in [-0.2, 0) is 19.1 Å². The molecule has 1 amide bonds. The molecule has 3 heterocycles. The molecule has 0 bridgehead atoms. The number of carbonyl (C=O) groups is 2. The third-order valence-corrected chi connectivity index (χ3v) is 4.68. The van der Waals surface area contributed by atoms with Gasteiger partial charge >= 0.3 is 5.97 Å². The van der Waals surface area contributed by atoms with Gasteiger partial charge in [0.15, 0.2) is 6.29 Å². The van der Waals surface area contributed by atoms with Gasteiger partial charge in [-0.15, -0.1) is 0 Å². The van der Waals surface area contributed by atoms with Crippen LogP contribution < -0.4 is 0 Å². The smallest absolute Gasteiger partial charge is 0.353 e. The van der Waals surface area contributed by atoms with E-state index in [1.165, 1.54) is 16.7 Å². The molecule has 1 N–H and O–H groups in total. The number of amides is 1. The van der Waals surface area contributed by atoms with Gasteiger partial charge in [0, 0.05) is 11.5 Å². The maximum Gasteiger partial charge on any atom is 0.353 e. The van der Waals surface area contributed by atoms with Gasteiger partial charge in [-0.2, -0.15) is 0 Å². The maximum absolute atomic E-state index is 11.4. The summed E-state index contributed by atoms with van der Waals surface area (Å²) in [4.78, 5) is 24.7. The topological polar surface area (TPSA) is 76.1 Å². The number of β-lactam (4-membered cyclic amide) rings is 1. The highest BCUT2D eigenvalue weighted by Gasteiger charge is 2.48. The van der Waals surface area contributed by atoms with E-state index in [-0.39, 0.29) is 29.9 Å².